The maximum atomic E-state index is 12.5. The van der Waals surface area contributed by atoms with E-state index in [0.717, 1.165) is 16.9 Å². The Morgan fingerprint density at radius 2 is 2.26 bits per heavy atom. The lowest BCUT2D eigenvalue weighted by molar-refractivity contribution is -0.142. The van der Waals surface area contributed by atoms with Crippen molar-refractivity contribution in [3.63, 3.8) is 0 Å². The first-order valence-electron chi connectivity index (χ1n) is 6.75. The van der Waals surface area contributed by atoms with E-state index >= 15 is 0 Å². The summed E-state index contributed by atoms with van der Waals surface area (Å²) in [7, 11) is 0. The summed E-state index contributed by atoms with van der Waals surface area (Å²) in [5.74, 6) is -0.429. The number of aromatic nitrogens is 5. The number of nitrogens with zero attached hydrogens (tertiary/aromatic N) is 5. The van der Waals surface area contributed by atoms with Crippen molar-refractivity contribution >= 4 is 5.91 Å². The maximum absolute atomic E-state index is 12.5. The molecule has 1 aliphatic rings. The molecule has 2 aromatic heterocycles. The molecule has 1 atom stereocenters. The number of carbonyl (C=O) groups excluding carboxylic acids is 1. The van der Waals surface area contributed by atoms with Crippen molar-refractivity contribution in [1.82, 2.24) is 30.1 Å². The first-order chi connectivity index (χ1) is 10.8. The van der Waals surface area contributed by atoms with Gasteiger partial charge < -0.3 is 10.0 Å². The van der Waals surface area contributed by atoms with E-state index in [2.05, 4.69) is 20.5 Å². The van der Waals surface area contributed by atoms with Crippen LogP contribution in [0.15, 0.2) is 18.5 Å². The largest absolute Gasteiger partial charge is 0.435 e. The SMILES string of the molecule is O=C(Cn1ccc(C(F)(F)F)n1)N1CC[C@@](O)(c2cn[nH]n2)C1. The van der Waals surface area contributed by atoms with Crippen LogP contribution in [0.5, 0.6) is 0 Å². The number of aliphatic hydroxyl groups is 1. The highest BCUT2D eigenvalue weighted by atomic mass is 19.4. The van der Waals surface area contributed by atoms with Crippen LogP contribution in [-0.2, 0) is 23.1 Å². The summed E-state index contributed by atoms with van der Waals surface area (Å²) in [6.07, 6.45) is -1.80. The lowest BCUT2D eigenvalue weighted by Crippen LogP contribution is -2.36. The van der Waals surface area contributed by atoms with E-state index in [-0.39, 0.29) is 26.1 Å². The quantitative estimate of drug-likeness (QED) is 0.834. The molecule has 0 bridgehead atoms. The van der Waals surface area contributed by atoms with Crippen molar-refractivity contribution in [3.05, 3.63) is 29.8 Å². The molecule has 0 unspecified atom stereocenters. The summed E-state index contributed by atoms with van der Waals surface area (Å²) in [4.78, 5) is 13.5. The molecule has 1 fully saturated rings. The van der Waals surface area contributed by atoms with Crippen molar-refractivity contribution < 1.29 is 23.1 Å². The maximum Gasteiger partial charge on any atom is 0.435 e. The summed E-state index contributed by atoms with van der Waals surface area (Å²) in [6.45, 7) is -0.0493. The number of nitrogens with one attached hydrogen (secondary N) is 1. The van der Waals surface area contributed by atoms with Crippen LogP contribution in [0.1, 0.15) is 17.8 Å². The lowest BCUT2D eigenvalue weighted by Gasteiger charge is -2.21. The minimum atomic E-state index is -4.55. The first-order valence-corrected chi connectivity index (χ1v) is 6.75. The minimum Gasteiger partial charge on any atom is -0.381 e. The van der Waals surface area contributed by atoms with Crippen LogP contribution in [0.3, 0.4) is 0 Å². The third-order valence-corrected chi connectivity index (χ3v) is 3.72. The molecule has 3 rings (SSSR count). The molecular formula is C12H13F3N6O2. The molecule has 124 valence electrons. The number of amides is 1. The van der Waals surface area contributed by atoms with Crippen molar-refractivity contribution in [2.45, 2.75) is 24.7 Å². The predicted octanol–water partition coefficient (Wildman–Crippen LogP) is 0.140. The number of hydrogen-bond donors (Lipinski definition) is 2. The highest BCUT2D eigenvalue weighted by Crippen LogP contribution is 2.30. The van der Waals surface area contributed by atoms with Crippen LogP contribution in [0.25, 0.3) is 0 Å². The van der Waals surface area contributed by atoms with Gasteiger partial charge in [0.2, 0.25) is 5.91 Å². The Balaban J connectivity index is 1.65. The molecule has 2 aromatic rings. The van der Waals surface area contributed by atoms with Gasteiger partial charge in [-0.05, 0) is 6.07 Å². The normalized spacial score (nSPS) is 21.8. The average Bonchev–Trinajstić information content (AvgIpc) is 3.17. The molecule has 8 nitrogen and oxygen atoms in total. The summed E-state index contributed by atoms with van der Waals surface area (Å²) in [5, 5.41) is 23.6. The van der Waals surface area contributed by atoms with Crippen molar-refractivity contribution in [2.24, 2.45) is 0 Å². The Kier molecular flexibility index (Phi) is 3.59. The number of H-pyrrole nitrogens is 1. The molecule has 0 spiro atoms. The average molecular weight is 330 g/mol. The van der Waals surface area contributed by atoms with E-state index in [1.165, 1.54) is 11.1 Å². The monoisotopic (exact) mass is 330 g/mol. The van der Waals surface area contributed by atoms with Crippen molar-refractivity contribution in [1.29, 1.82) is 0 Å². The molecule has 1 saturated heterocycles. The van der Waals surface area contributed by atoms with E-state index in [1.807, 2.05) is 0 Å². The van der Waals surface area contributed by atoms with Gasteiger partial charge in [0.05, 0.1) is 12.7 Å². The van der Waals surface area contributed by atoms with Gasteiger partial charge in [-0.1, -0.05) is 0 Å². The Hall–Kier alpha value is -2.43. The Labute approximate surface area is 127 Å². The number of β-amino-alcohol motifs (C(OH)–C–C–N with tert-alkyl or cyclic N) is 1. The molecule has 3 heterocycles. The molecule has 0 aromatic carbocycles. The van der Waals surface area contributed by atoms with E-state index in [4.69, 9.17) is 0 Å². The summed E-state index contributed by atoms with van der Waals surface area (Å²) < 4.78 is 38.4. The fraction of sp³-hybridized carbons (Fsp3) is 0.500. The van der Waals surface area contributed by atoms with Crippen LogP contribution in [0.4, 0.5) is 13.2 Å². The van der Waals surface area contributed by atoms with E-state index in [0.29, 0.717) is 5.69 Å². The van der Waals surface area contributed by atoms with Gasteiger partial charge in [-0.15, -0.1) is 0 Å². The fourth-order valence-corrected chi connectivity index (χ4v) is 2.48. The van der Waals surface area contributed by atoms with Gasteiger partial charge in [0.15, 0.2) is 5.69 Å². The number of rotatable bonds is 3. The molecule has 0 radical (unpaired) electrons. The number of likely N-dealkylation sites (tertiary alicyclic amines) is 1. The minimum absolute atomic E-state index is 0.00572. The van der Waals surface area contributed by atoms with Crippen LogP contribution in [-0.4, -0.2) is 54.2 Å². The van der Waals surface area contributed by atoms with Gasteiger partial charge in [0, 0.05) is 19.2 Å². The van der Waals surface area contributed by atoms with Gasteiger partial charge in [-0.2, -0.15) is 33.7 Å². The zero-order valence-corrected chi connectivity index (χ0v) is 11.8. The zero-order chi connectivity index (χ0) is 16.7. The van der Waals surface area contributed by atoms with Gasteiger partial charge in [0.25, 0.3) is 0 Å². The number of halogens is 3. The second-order valence-corrected chi connectivity index (χ2v) is 5.35. The summed E-state index contributed by atoms with van der Waals surface area (Å²) >= 11 is 0. The number of alkyl halides is 3. The molecule has 0 aliphatic carbocycles. The summed E-state index contributed by atoms with van der Waals surface area (Å²) in [5.41, 5.74) is -2.03. The van der Waals surface area contributed by atoms with Crippen molar-refractivity contribution in [2.75, 3.05) is 13.1 Å². The second-order valence-electron chi connectivity index (χ2n) is 5.35. The number of aromatic amines is 1. The standard InChI is InChI=1S/C12H13F3N6O2/c13-12(14,15)8-1-3-21(18-8)6-10(22)20-4-2-11(23,7-20)9-5-16-19-17-9/h1,3,5,23H,2,4,6-7H2,(H,16,17,19)/t11-/m0/s1. The molecule has 23 heavy (non-hydrogen) atoms. The smallest absolute Gasteiger partial charge is 0.381 e. The van der Waals surface area contributed by atoms with E-state index < -0.39 is 23.4 Å². The highest BCUT2D eigenvalue weighted by Gasteiger charge is 2.41. The van der Waals surface area contributed by atoms with Gasteiger partial charge in [-0.3, -0.25) is 9.48 Å². The van der Waals surface area contributed by atoms with E-state index in [1.54, 1.807) is 0 Å². The van der Waals surface area contributed by atoms with Crippen LogP contribution in [0, 0.1) is 0 Å². The molecular weight excluding hydrogens is 317 g/mol. The topological polar surface area (TPSA) is 99.9 Å². The lowest BCUT2D eigenvalue weighted by atomic mass is 10.0. The highest BCUT2D eigenvalue weighted by molar-refractivity contribution is 5.76. The Morgan fingerprint density at radius 3 is 2.87 bits per heavy atom. The number of hydrogen-bond acceptors (Lipinski definition) is 5. The Bertz CT molecular complexity index is 698. The molecule has 11 heteroatoms. The zero-order valence-electron chi connectivity index (χ0n) is 11.8. The van der Waals surface area contributed by atoms with Crippen LogP contribution < -0.4 is 0 Å². The third kappa shape index (κ3) is 3.04. The molecule has 1 aliphatic heterocycles. The third-order valence-electron chi connectivity index (χ3n) is 3.72. The predicted molar refractivity (Wildman–Crippen MR) is 68.7 cm³/mol. The second kappa shape index (κ2) is 5.33. The van der Waals surface area contributed by atoms with Gasteiger partial charge >= 0.3 is 6.18 Å². The molecule has 1 amide bonds. The van der Waals surface area contributed by atoms with Gasteiger partial charge in [-0.25, -0.2) is 0 Å². The van der Waals surface area contributed by atoms with Crippen molar-refractivity contribution in [3.8, 4) is 0 Å². The first kappa shape index (κ1) is 15.5. The number of carbonyl (C=O) groups is 1. The van der Waals surface area contributed by atoms with E-state index in [9.17, 15) is 23.1 Å². The molecule has 0 saturated carbocycles. The summed E-state index contributed by atoms with van der Waals surface area (Å²) in [6, 6.07) is 0.809. The molecule has 2 N–H and O–H groups in total. The Morgan fingerprint density at radius 1 is 1.48 bits per heavy atom. The van der Waals surface area contributed by atoms with Crippen LogP contribution in [0.2, 0.25) is 0 Å². The van der Waals surface area contributed by atoms with Gasteiger partial charge in [0.1, 0.15) is 17.8 Å². The fourth-order valence-electron chi connectivity index (χ4n) is 2.48. The van der Waals surface area contributed by atoms with Crippen LogP contribution >= 0.6 is 0 Å².